The van der Waals surface area contributed by atoms with Crippen LogP contribution in [0, 0.1) is 0 Å². The highest BCUT2D eigenvalue weighted by Gasteiger charge is 2.19. The van der Waals surface area contributed by atoms with E-state index < -0.39 is 0 Å². The van der Waals surface area contributed by atoms with Crippen LogP contribution in [-0.2, 0) is 39.6 Å². The number of ether oxygens (including phenoxy) is 6. The molecule has 9 rings (SSSR count). The van der Waals surface area contributed by atoms with Crippen molar-refractivity contribution in [3.8, 4) is 34.5 Å². The molecule has 9 aromatic carbocycles. The van der Waals surface area contributed by atoms with E-state index in [4.69, 9.17) is 28.4 Å². The lowest BCUT2D eigenvalue weighted by atomic mass is 10.00. The zero-order valence-electron chi connectivity index (χ0n) is 34.3. The summed E-state index contributed by atoms with van der Waals surface area (Å²) < 4.78 is 39.2. The van der Waals surface area contributed by atoms with Gasteiger partial charge in [-0.3, -0.25) is 0 Å². The number of fused-ring (bicyclic) bond motifs is 3. The topological polar surface area (TPSA) is 55.4 Å². The van der Waals surface area contributed by atoms with E-state index >= 15 is 0 Å². The van der Waals surface area contributed by atoms with Gasteiger partial charge in [0.15, 0.2) is 11.5 Å². The molecular formula is C56H46O6. The summed E-state index contributed by atoms with van der Waals surface area (Å²) in [6.45, 7) is 2.18. The largest absolute Gasteiger partial charge is 0.489 e. The maximum Gasteiger partial charge on any atom is 0.170 e. The highest BCUT2D eigenvalue weighted by Crippen LogP contribution is 2.45. The molecule has 0 saturated heterocycles. The van der Waals surface area contributed by atoms with E-state index in [0.29, 0.717) is 60.9 Å². The summed E-state index contributed by atoms with van der Waals surface area (Å²) in [5.41, 5.74) is 6.10. The van der Waals surface area contributed by atoms with Crippen LogP contribution < -0.4 is 28.4 Å². The molecule has 0 atom stereocenters. The lowest BCUT2D eigenvalue weighted by Gasteiger charge is -2.20. The molecule has 6 heteroatoms. The van der Waals surface area contributed by atoms with Crippen molar-refractivity contribution < 1.29 is 28.4 Å². The van der Waals surface area contributed by atoms with E-state index in [1.807, 2.05) is 121 Å². The van der Waals surface area contributed by atoms with E-state index in [9.17, 15) is 0 Å². The minimum Gasteiger partial charge on any atom is -0.489 e. The van der Waals surface area contributed by atoms with Crippen molar-refractivity contribution >= 4 is 21.5 Å². The second-order valence-electron chi connectivity index (χ2n) is 15.0. The molecule has 6 nitrogen and oxygen atoms in total. The summed E-state index contributed by atoms with van der Waals surface area (Å²) in [4.78, 5) is 0. The zero-order valence-corrected chi connectivity index (χ0v) is 34.3. The molecule has 0 unspecified atom stereocenters. The van der Waals surface area contributed by atoms with Crippen molar-refractivity contribution in [1.82, 2.24) is 0 Å². The van der Waals surface area contributed by atoms with Gasteiger partial charge >= 0.3 is 0 Å². The highest BCUT2D eigenvalue weighted by atomic mass is 16.5. The maximum atomic E-state index is 6.91. The van der Waals surface area contributed by atoms with Crippen LogP contribution in [0.25, 0.3) is 21.5 Å². The van der Waals surface area contributed by atoms with Gasteiger partial charge in [0.2, 0.25) is 0 Å². The molecule has 0 saturated carbocycles. The molecule has 306 valence electrons. The normalized spacial score (nSPS) is 11.0. The Kier molecular flexibility index (Phi) is 12.5. The van der Waals surface area contributed by atoms with Gasteiger partial charge in [0.1, 0.15) is 62.6 Å². The van der Waals surface area contributed by atoms with Crippen LogP contribution in [0.2, 0.25) is 0 Å². The van der Waals surface area contributed by atoms with Gasteiger partial charge in [0.05, 0.1) is 0 Å². The average Bonchev–Trinajstić information content (AvgIpc) is 3.34. The quantitative estimate of drug-likeness (QED) is 0.0804. The molecule has 0 amide bonds. The van der Waals surface area contributed by atoms with Gasteiger partial charge in [0.25, 0.3) is 0 Å². The fourth-order valence-electron chi connectivity index (χ4n) is 7.40. The number of hydrogen-bond donors (Lipinski definition) is 0. The summed E-state index contributed by atoms with van der Waals surface area (Å²) in [5, 5.41) is 4.05. The smallest absolute Gasteiger partial charge is 0.170 e. The van der Waals surface area contributed by atoms with Gasteiger partial charge in [-0.15, -0.1) is 0 Å². The molecule has 0 heterocycles. The molecule has 0 spiro atoms. The first-order chi connectivity index (χ1) is 30.7. The first-order valence-electron chi connectivity index (χ1n) is 20.8. The predicted molar refractivity (Wildman–Crippen MR) is 246 cm³/mol. The number of hydrogen-bond acceptors (Lipinski definition) is 6. The van der Waals surface area contributed by atoms with E-state index in [1.54, 1.807) is 0 Å². The molecule has 0 aliphatic heterocycles. The Morgan fingerprint density at radius 1 is 0.210 bits per heavy atom. The van der Waals surface area contributed by atoms with Crippen molar-refractivity contribution in [2.45, 2.75) is 39.6 Å². The van der Waals surface area contributed by atoms with Gasteiger partial charge in [-0.05, 0) is 68.4 Å². The van der Waals surface area contributed by atoms with E-state index in [1.165, 1.54) is 0 Å². The zero-order chi connectivity index (χ0) is 41.8. The fraction of sp³-hybridized carbons (Fsp3) is 0.107. The number of rotatable bonds is 18. The Labute approximate surface area is 362 Å². The first-order valence-corrected chi connectivity index (χ1v) is 20.8. The third-order valence-corrected chi connectivity index (χ3v) is 10.5. The van der Waals surface area contributed by atoms with E-state index in [-0.39, 0.29) is 13.2 Å². The van der Waals surface area contributed by atoms with Crippen molar-refractivity contribution in [1.29, 1.82) is 0 Å². The Bertz CT molecular complexity index is 2530. The second kappa shape index (κ2) is 19.6. The third-order valence-electron chi connectivity index (χ3n) is 10.5. The van der Waals surface area contributed by atoms with Crippen LogP contribution in [0.1, 0.15) is 33.4 Å². The molecule has 0 bridgehead atoms. The van der Waals surface area contributed by atoms with Crippen LogP contribution in [0.5, 0.6) is 34.5 Å². The van der Waals surface area contributed by atoms with Gasteiger partial charge < -0.3 is 28.4 Å². The van der Waals surface area contributed by atoms with Crippen molar-refractivity contribution in [2.75, 3.05) is 0 Å². The highest BCUT2D eigenvalue weighted by molar-refractivity contribution is 6.13. The van der Waals surface area contributed by atoms with E-state index in [0.717, 1.165) is 54.9 Å². The molecule has 62 heavy (non-hydrogen) atoms. The van der Waals surface area contributed by atoms with Gasteiger partial charge in [-0.25, -0.2) is 0 Å². The minimum absolute atomic E-state index is 0.239. The van der Waals surface area contributed by atoms with Gasteiger partial charge in [0, 0.05) is 22.9 Å². The molecule has 9 aromatic rings. The molecule has 0 aliphatic carbocycles. The van der Waals surface area contributed by atoms with Crippen LogP contribution in [0.15, 0.2) is 206 Å². The number of benzene rings is 9. The summed E-state index contributed by atoms with van der Waals surface area (Å²) in [7, 11) is 0. The molecular weight excluding hydrogens is 769 g/mol. The third kappa shape index (κ3) is 10.2. The maximum absolute atomic E-state index is 6.91. The average molecular weight is 815 g/mol. The summed E-state index contributed by atoms with van der Waals surface area (Å²) in [6, 6.07) is 69.1. The second-order valence-corrected chi connectivity index (χ2v) is 15.0. The Morgan fingerprint density at radius 3 is 0.742 bits per heavy atom. The fourth-order valence-corrected chi connectivity index (χ4v) is 7.40. The van der Waals surface area contributed by atoms with Gasteiger partial charge in [-0.2, -0.15) is 0 Å². The summed E-state index contributed by atoms with van der Waals surface area (Å²) >= 11 is 0. The van der Waals surface area contributed by atoms with Crippen LogP contribution in [0.4, 0.5) is 0 Å². The molecule has 0 radical (unpaired) electrons. The van der Waals surface area contributed by atoms with Crippen LogP contribution in [-0.4, -0.2) is 0 Å². The standard InChI is InChI=1S/C56H46O6/c1-5-17-41(18-6-1)35-57-47-29-45(30-48(33-47)58-36-42-19-7-2-8-20-42)39-61-55-53-27-15-13-25-51(53)52-26-14-16-28-54(52)56(55)62-40-46-31-49(59-37-43-21-9-3-10-22-43)34-50(32-46)60-38-44-23-11-4-12-24-44/h1-34H,35-40H2. The minimum atomic E-state index is 0.239. The lowest BCUT2D eigenvalue weighted by molar-refractivity contribution is 0.256. The van der Waals surface area contributed by atoms with E-state index in [2.05, 4.69) is 84.9 Å². The van der Waals surface area contributed by atoms with Crippen molar-refractivity contribution in [3.63, 3.8) is 0 Å². The first kappa shape index (κ1) is 39.7. The lowest BCUT2D eigenvalue weighted by Crippen LogP contribution is -2.04. The Hall–Kier alpha value is -7.70. The van der Waals surface area contributed by atoms with Gasteiger partial charge in [-0.1, -0.05) is 170 Å². The van der Waals surface area contributed by atoms with Crippen molar-refractivity contribution in [2.24, 2.45) is 0 Å². The molecule has 0 N–H and O–H groups in total. The summed E-state index contributed by atoms with van der Waals surface area (Å²) in [5.74, 6) is 4.07. The molecule has 0 aromatic heterocycles. The Morgan fingerprint density at radius 2 is 0.452 bits per heavy atom. The Balaban J connectivity index is 1.03. The van der Waals surface area contributed by atoms with Crippen molar-refractivity contribution in [3.05, 3.63) is 240 Å². The predicted octanol–water partition coefficient (Wildman–Crippen LogP) is 13.5. The molecule has 0 fully saturated rings. The SMILES string of the molecule is c1ccc(COc2cc(COc3c(OCc4cc(OCc5ccccc5)cc(OCc5ccccc5)c4)c4ccccc4c4ccccc34)cc(OCc3ccccc3)c2)cc1. The monoisotopic (exact) mass is 814 g/mol. The van der Waals surface area contributed by atoms with Crippen LogP contribution >= 0.6 is 0 Å². The van der Waals surface area contributed by atoms with Crippen LogP contribution in [0.3, 0.4) is 0 Å². The summed E-state index contributed by atoms with van der Waals surface area (Å²) in [6.07, 6.45) is 0. The molecule has 0 aliphatic rings.